The van der Waals surface area contributed by atoms with Gasteiger partial charge in [0.2, 0.25) is 0 Å². The van der Waals surface area contributed by atoms with Crippen LogP contribution in [0.3, 0.4) is 0 Å². The minimum absolute atomic E-state index is 0.0272. The fourth-order valence-electron chi connectivity index (χ4n) is 3.08. The van der Waals surface area contributed by atoms with Crippen LogP contribution in [0.4, 0.5) is 5.69 Å². The van der Waals surface area contributed by atoms with E-state index in [9.17, 15) is 4.79 Å². The van der Waals surface area contributed by atoms with Gasteiger partial charge in [0.05, 0.1) is 11.7 Å². The Morgan fingerprint density at radius 1 is 1.33 bits per heavy atom. The zero-order chi connectivity index (χ0) is 13.3. The van der Waals surface area contributed by atoms with Crippen molar-refractivity contribution in [1.29, 1.82) is 0 Å². The van der Waals surface area contributed by atoms with Gasteiger partial charge in [-0.25, -0.2) is 4.68 Å². The summed E-state index contributed by atoms with van der Waals surface area (Å²) in [6.45, 7) is 7.24. The van der Waals surface area contributed by atoms with Gasteiger partial charge in [-0.05, 0) is 32.1 Å². The second kappa shape index (κ2) is 5.21. The summed E-state index contributed by atoms with van der Waals surface area (Å²) in [4.78, 5) is 12.4. The summed E-state index contributed by atoms with van der Waals surface area (Å²) in [5.74, 6) is 0.518. The predicted molar refractivity (Wildman–Crippen MR) is 74.8 cm³/mol. The zero-order valence-corrected chi connectivity index (χ0v) is 11.8. The third kappa shape index (κ3) is 2.20. The summed E-state index contributed by atoms with van der Waals surface area (Å²) in [6.07, 6.45) is 5.57. The molecule has 0 radical (unpaired) electrons. The fourth-order valence-corrected chi connectivity index (χ4v) is 3.08. The largest absolute Gasteiger partial charge is 0.393 e. The minimum atomic E-state index is 0.0272. The molecule has 0 aromatic carbocycles. The molecular weight excluding hydrogens is 226 g/mol. The maximum absolute atomic E-state index is 12.4. The van der Waals surface area contributed by atoms with Gasteiger partial charge in [0.1, 0.15) is 5.69 Å². The van der Waals surface area contributed by atoms with Crippen molar-refractivity contribution in [3.05, 3.63) is 16.0 Å². The van der Waals surface area contributed by atoms with E-state index in [-0.39, 0.29) is 5.56 Å². The Morgan fingerprint density at radius 2 is 1.94 bits per heavy atom. The number of anilines is 1. The molecule has 0 bridgehead atoms. The van der Waals surface area contributed by atoms with Crippen LogP contribution < -0.4 is 11.3 Å². The molecule has 0 aliphatic heterocycles. The van der Waals surface area contributed by atoms with Gasteiger partial charge < -0.3 is 5.73 Å². The van der Waals surface area contributed by atoms with Crippen LogP contribution in [0, 0.1) is 5.92 Å². The van der Waals surface area contributed by atoms with E-state index in [1.165, 1.54) is 12.8 Å². The van der Waals surface area contributed by atoms with Gasteiger partial charge in [0.25, 0.3) is 5.56 Å². The highest BCUT2D eigenvalue weighted by molar-refractivity contribution is 5.42. The molecule has 4 heteroatoms. The van der Waals surface area contributed by atoms with Gasteiger partial charge >= 0.3 is 0 Å². The van der Waals surface area contributed by atoms with Crippen molar-refractivity contribution in [3.8, 4) is 0 Å². The highest BCUT2D eigenvalue weighted by Crippen LogP contribution is 2.30. The summed E-state index contributed by atoms with van der Waals surface area (Å²) in [5.41, 5.74) is 7.57. The van der Waals surface area contributed by atoms with Crippen molar-refractivity contribution in [2.24, 2.45) is 5.92 Å². The number of nitrogen functional groups attached to an aromatic ring is 1. The lowest BCUT2D eigenvalue weighted by atomic mass is 10.1. The average molecular weight is 251 g/mol. The molecule has 0 amide bonds. The molecule has 4 nitrogen and oxygen atoms in total. The Morgan fingerprint density at radius 3 is 2.44 bits per heavy atom. The van der Waals surface area contributed by atoms with Crippen LogP contribution in [-0.4, -0.2) is 9.36 Å². The van der Waals surface area contributed by atoms with E-state index in [1.54, 1.807) is 0 Å². The summed E-state index contributed by atoms with van der Waals surface area (Å²) in [7, 11) is 0. The number of aromatic nitrogens is 2. The number of rotatable bonds is 4. The SMILES string of the molecule is CCn1c(CC(C)C)c(N)c(=O)n1C1CCCC1. The van der Waals surface area contributed by atoms with Crippen molar-refractivity contribution in [2.45, 2.75) is 65.5 Å². The number of hydrogen-bond donors (Lipinski definition) is 1. The first-order chi connectivity index (χ1) is 8.56. The van der Waals surface area contributed by atoms with Gasteiger partial charge in [-0.1, -0.05) is 26.7 Å². The van der Waals surface area contributed by atoms with E-state index in [4.69, 9.17) is 5.73 Å². The lowest BCUT2D eigenvalue weighted by Crippen LogP contribution is -2.27. The zero-order valence-electron chi connectivity index (χ0n) is 11.8. The molecule has 1 aromatic heterocycles. The Balaban J connectivity index is 2.48. The van der Waals surface area contributed by atoms with Crippen LogP contribution in [0.2, 0.25) is 0 Å². The Hall–Kier alpha value is -1.19. The van der Waals surface area contributed by atoms with Crippen molar-refractivity contribution < 1.29 is 0 Å². The van der Waals surface area contributed by atoms with Crippen molar-refractivity contribution >= 4 is 5.69 Å². The quantitative estimate of drug-likeness (QED) is 0.894. The van der Waals surface area contributed by atoms with Crippen LogP contribution in [0.1, 0.15) is 58.2 Å². The lowest BCUT2D eigenvalue weighted by Gasteiger charge is -2.18. The van der Waals surface area contributed by atoms with E-state index in [0.717, 1.165) is 31.5 Å². The van der Waals surface area contributed by atoms with Crippen molar-refractivity contribution in [2.75, 3.05) is 5.73 Å². The molecule has 1 aromatic rings. The molecule has 102 valence electrons. The molecule has 0 saturated heterocycles. The third-order valence-electron chi connectivity index (χ3n) is 3.89. The van der Waals surface area contributed by atoms with Crippen molar-refractivity contribution in [3.63, 3.8) is 0 Å². The molecule has 1 heterocycles. The van der Waals surface area contributed by atoms with Crippen LogP contribution in [0.25, 0.3) is 0 Å². The topological polar surface area (TPSA) is 52.9 Å². The Labute approximate surface area is 109 Å². The Bertz CT molecular complexity index is 464. The van der Waals surface area contributed by atoms with Gasteiger partial charge in [0, 0.05) is 6.54 Å². The molecule has 1 aliphatic rings. The van der Waals surface area contributed by atoms with Crippen LogP contribution in [0.15, 0.2) is 4.79 Å². The first-order valence-electron chi connectivity index (χ1n) is 7.15. The van der Waals surface area contributed by atoms with Crippen molar-refractivity contribution in [1.82, 2.24) is 9.36 Å². The summed E-state index contributed by atoms with van der Waals surface area (Å²) >= 11 is 0. The second-order valence-electron chi connectivity index (χ2n) is 5.76. The summed E-state index contributed by atoms with van der Waals surface area (Å²) < 4.78 is 4.05. The molecule has 2 rings (SSSR count). The maximum atomic E-state index is 12.4. The highest BCUT2D eigenvalue weighted by atomic mass is 16.1. The van der Waals surface area contributed by atoms with Crippen LogP contribution in [0.5, 0.6) is 0 Å². The molecule has 0 spiro atoms. The Kier molecular flexibility index (Phi) is 3.83. The fraction of sp³-hybridized carbons (Fsp3) is 0.786. The standard InChI is InChI=1S/C14H25N3O/c1-4-16-12(9-10(2)3)13(15)14(18)17(16)11-7-5-6-8-11/h10-11H,4-9,15H2,1-3H3. The smallest absolute Gasteiger partial charge is 0.290 e. The maximum Gasteiger partial charge on any atom is 0.290 e. The molecule has 18 heavy (non-hydrogen) atoms. The molecule has 2 N–H and O–H groups in total. The van der Waals surface area contributed by atoms with Gasteiger partial charge in [0.15, 0.2) is 0 Å². The number of hydrogen-bond acceptors (Lipinski definition) is 2. The number of nitrogens with zero attached hydrogens (tertiary/aromatic N) is 2. The molecule has 1 fully saturated rings. The van der Waals surface area contributed by atoms with E-state index in [1.807, 2.05) is 4.68 Å². The van der Waals surface area contributed by atoms with Gasteiger partial charge in [-0.2, -0.15) is 0 Å². The first-order valence-corrected chi connectivity index (χ1v) is 7.15. The second-order valence-corrected chi connectivity index (χ2v) is 5.76. The predicted octanol–water partition coefficient (Wildman–Crippen LogP) is 2.57. The summed E-state index contributed by atoms with van der Waals surface area (Å²) in [6, 6.07) is 0.362. The lowest BCUT2D eigenvalue weighted by molar-refractivity contribution is 0.361. The van der Waals surface area contributed by atoms with Crippen LogP contribution >= 0.6 is 0 Å². The molecule has 1 saturated carbocycles. The van der Waals surface area contributed by atoms with E-state index in [0.29, 0.717) is 17.6 Å². The van der Waals surface area contributed by atoms with Gasteiger partial charge in [-0.3, -0.25) is 9.48 Å². The monoisotopic (exact) mass is 251 g/mol. The van der Waals surface area contributed by atoms with Crippen LogP contribution in [-0.2, 0) is 13.0 Å². The van der Waals surface area contributed by atoms with E-state index in [2.05, 4.69) is 25.5 Å². The average Bonchev–Trinajstić information content (AvgIpc) is 2.90. The van der Waals surface area contributed by atoms with E-state index < -0.39 is 0 Å². The first kappa shape index (κ1) is 13.2. The molecule has 0 atom stereocenters. The van der Waals surface area contributed by atoms with E-state index >= 15 is 0 Å². The molecular formula is C14H25N3O. The number of nitrogens with two attached hydrogens (primary N) is 1. The summed E-state index contributed by atoms with van der Waals surface area (Å²) in [5, 5.41) is 0. The molecule has 1 aliphatic carbocycles. The minimum Gasteiger partial charge on any atom is -0.393 e. The van der Waals surface area contributed by atoms with Gasteiger partial charge in [-0.15, -0.1) is 0 Å². The normalized spacial score (nSPS) is 16.9. The molecule has 0 unspecified atom stereocenters. The third-order valence-corrected chi connectivity index (χ3v) is 3.89. The highest BCUT2D eigenvalue weighted by Gasteiger charge is 2.25.